The fourth-order valence-electron chi connectivity index (χ4n) is 3.66. The number of aromatic nitrogens is 3. The Bertz CT molecular complexity index is 1030. The number of Topliss-reactive ketones (excluding diaryl/α,β-unsaturated/α-hetero) is 1. The highest BCUT2D eigenvalue weighted by atomic mass is 16.1. The molecule has 0 atom stereocenters. The molecular formula is C24H26N4O. The number of hydrogen-bond donors (Lipinski definition) is 0. The SMILES string of the molecule is Cc1ncc2c(n1)CCN(c1cccc(C(=O)Cc3ccc(C(C)C)cc3)n1)C2. The summed E-state index contributed by atoms with van der Waals surface area (Å²) in [5, 5.41) is 0. The van der Waals surface area contributed by atoms with Gasteiger partial charge in [0.1, 0.15) is 17.3 Å². The Morgan fingerprint density at radius 2 is 1.90 bits per heavy atom. The van der Waals surface area contributed by atoms with Crippen LogP contribution >= 0.6 is 0 Å². The van der Waals surface area contributed by atoms with Crippen molar-refractivity contribution in [1.29, 1.82) is 0 Å². The van der Waals surface area contributed by atoms with Gasteiger partial charge in [0.2, 0.25) is 0 Å². The maximum absolute atomic E-state index is 12.8. The van der Waals surface area contributed by atoms with E-state index in [4.69, 9.17) is 0 Å². The molecule has 0 N–H and O–H groups in total. The molecule has 0 saturated heterocycles. The van der Waals surface area contributed by atoms with Crippen LogP contribution in [-0.4, -0.2) is 27.3 Å². The zero-order valence-corrected chi connectivity index (χ0v) is 17.2. The molecule has 2 aromatic heterocycles. The third-order valence-corrected chi connectivity index (χ3v) is 5.41. The van der Waals surface area contributed by atoms with Crippen molar-refractivity contribution in [1.82, 2.24) is 15.0 Å². The molecule has 0 amide bonds. The monoisotopic (exact) mass is 386 g/mol. The average Bonchev–Trinajstić information content (AvgIpc) is 2.74. The van der Waals surface area contributed by atoms with Crippen molar-refractivity contribution in [3.63, 3.8) is 0 Å². The van der Waals surface area contributed by atoms with E-state index in [1.165, 1.54) is 5.56 Å². The molecule has 0 aliphatic carbocycles. The van der Waals surface area contributed by atoms with E-state index in [2.05, 4.69) is 45.8 Å². The Morgan fingerprint density at radius 3 is 2.66 bits per heavy atom. The Kier molecular flexibility index (Phi) is 5.38. The molecule has 0 unspecified atom stereocenters. The molecular weight excluding hydrogens is 360 g/mol. The third kappa shape index (κ3) is 4.34. The highest BCUT2D eigenvalue weighted by Crippen LogP contribution is 2.22. The van der Waals surface area contributed by atoms with Crippen molar-refractivity contribution in [2.45, 2.75) is 46.1 Å². The topological polar surface area (TPSA) is 59.0 Å². The first-order valence-electron chi connectivity index (χ1n) is 10.1. The Hall–Kier alpha value is -3.08. The first kappa shape index (κ1) is 19.2. The summed E-state index contributed by atoms with van der Waals surface area (Å²) < 4.78 is 0. The molecule has 0 spiro atoms. The standard InChI is InChI=1S/C24H26N4O/c1-16(2)19-9-7-18(8-10-19)13-23(29)22-5-4-6-24(27-22)28-12-11-21-20(15-28)14-25-17(3)26-21/h4-10,14,16H,11-13,15H2,1-3H3. The lowest BCUT2D eigenvalue weighted by atomic mass is 9.99. The Labute approximate surface area is 171 Å². The molecule has 4 rings (SSSR count). The van der Waals surface area contributed by atoms with Crippen LogP contribution in [0.4, 0.5) is 5.82 Å². The minimum absolute atomic E-state index is 0.0421. The summed E-state index contributed by atoms with van der Waals surface area (Å²) in [6, 6.07) is 14.0. The zero-order valence-electron chi connectivity index (χ0n) is 17.2. The van der Waals surface area contributed by atoms with Gasteiger partial charge in [-0.25, -0.2) is 15.0 Å². The Morgan fingerprint density at radius 1 is 1.10 bits per heavy atom. The summed E-state index contributed by atoms with van der Waals surface area (Å²) in [6.45, 7) is 7.81. The average molecular weight is 386 g/mol. The molecule has 0 radical (unpaired) electrons. The van der Waals surface area contributed by atoms with Gasteiger partial charge in [-0.15, -0.1) is 0 Å². The predicted octanol–water partition coefficient (Wildman–Crippen LogP) is 4.29. The van der Waals surface area contributed by atoms with E-state index in [0.29, 0.717) is 18.0 Å². The summed E-state index contributed by atoms with van der Waals surface area (Å²) >= 11 is 0. The van der Waals surface area contributed by atoms with Gasteiger partial charge in [0.15, 0.2) is 5.78 Å². The largest absolute Gasteiger partial charge is 0.352 e. The van der Waals surface area contributed by atoms with Gasteiger partial charge in [-0.1, -0.05) is 44.2 Å². The van der Waals surface area contributed by atoms with Gasteiger partial charge < -0.3 is 4.90 Å². The molecule has 148 valence electrons. The maximum Gasteiger partial charge on any atom is 0.185 e. The van der Waals surface area contributed by atoms with Crippen LogP contribution in [0.25, 0.3) is 0 Å². The van der Waals surface area contributed by atoms with Crippen LogP contribution in [0.5, 0.6) is 0 Å². The van der Waals surface area contributed by atoms with E-state index in [1.807, 2.05) is 37.4 Å². The van der Waals surface area contributed by atoms with Gasteiger partial charge in [-0.05, 0) is 36.1 Å². The van der Waals surface area contributed by atoms with Gasteiger partial charge >= 0.3 is 0 Å². The highest BCUT2D eigenvalue weighted by Gasteiger charge is 2.20. The second kappa shape index (κ2) is 8.11. The van der Waals surface area contributed by atoms with Gasteiger partial charge in [0.05, 0.1) is 5.69 Å². The van der Waals surface area contributed by atoms with Crippen LogP contribution in [-0.2, 0) is 19.4 Å². The van der Waals surface area contributed by atoms with Gasteiger partial charge in [0.25, 0.3) is 0 Å². The van der Waals surface area contributed by atoms with Gasteiger partial charge in [-0.2, -0.15) is 0 Å². The fraction of sp³-hybridized carbons (Fsp3) is 0.333. The smallest absolute Gasteiger partial charge is 0.185 e. The van der Waals surface area contributed by atoms with E-state index >= 15 is 0 Å². The van der Waals surface area contributed by atoms with Crippen molar-refractivity contribution >= 4 is 11.6 Å². The lowest BCUT2D eigenvalue weighted by molar-refractivity contribution is 0.0988. The van der Waals surface area contributed by atoms with Crippen molar-refractivity contribution in [3.8, 4) is 0 Å². The molecule has 1 aromatic carbocycles. The minimum Gasteiger partial charge on any atom is -0.352 e. The molecule has 0 fully saturated rings. The van der Waals surface area contributed by atoms with Crippen LogP contribution in [0.1, 0.15) is 58.5 Å². The molecule has 29 heavy (non-hydrogen) atoms. The van der Waals surface area contributed by atoms with E-state index in [0.717, 1.165) is 48.0 Å². The second-order valence-electron chi connectivity index (χ2n) is 7.94. The van der Waals surface area contributed by atoms with Crippen LogP contribution < -0.4 is 4.90 Å². The van der Waals surface area contributed by atoms with Crippen molar-refractivity contribution < 1.29 is 4.79 Å². The first-order valence-corrected chi connectivity index (χ1v) is 10.1. The third-order valence-electron chi connectivity index (χ3n) is 5.41. The molecule has 3 heterocycles. The van der Waals surface area contributed by atoms with Gasteiger partial charge in [-0.3, -0.25) is 4.79 Å². The summed E-state index contributed by atoms with van der Waals surface area (Å²) in [5.74, 6) is 2.17. The van der Waals surface area contributed by atoms with Crippen molar-refractivity contribution in [2.24, 2.45) is 0 Å². The number of anilines is 1. The highest BCUT2D eigenvalue weighted by molar-refractivity contribution is 5.96. The maximum atomic E-state index is 12.8. The molecule has 0 bridgehead atoms. The van der Waals surface area contributed by atoms with Crippen LogP contribution in [0.3, 0.4) is 0 Å². The molecule has 5 nitrogen and oxygen atoms in total. The van der Waals surface area contributed by atoms with Crippen LogP contribution in [0.2, 0.25) is 0 Å². The van der Waals surface area contributed by atoms with Gasteiger partial charge in [0, 0.05) is 37.7 Å². The summed E-state index contributed by atoms with van der Waals surface area (Å²) in [7, 11) is 0. The van der Waals surface area contributed by atoms with Crippen LogP contribution in [0.15, 0.2) is 48.7 Å². The number of carbonyl (C=O) groups is 1. The number of rotatable bonds is 5. The number of benzene rings is 1. The van der Waals surface area contributed by atoms with Crippen molar-refractivity contribution in [2.75, 3.05) is 11.4 Å². The van der Waals surface area contributed by atoms with E-state index in [1.54, 1.807) is 6.07 Å². The number of fused-ring (bicyclic) bond motifs is 1. The lowest BCUT2D eigenvalue weighted by Crippen LogP contribution is -2.32. The molecule has 1 aliphatic rings. The number of hydrogen-bond acceptors (Lipinski definition) is 5. The number of pyridine rings is 1. The predicted molar refractivity (Wildman–Crippen MR) is 114 cm³/mol. The normalized spacial score (nSPS) is 13.4. The fourth-order valence-corrected chi connectivity index (χ4v) is 3.66. The van der Waals surface area contributed by atoms with E-state index in [9.17, 15) is 4.79 Å². The van der Waals surface area contributed by atoms with E-state index in [-0.39, 0.29) is 5.78 Å². The number of aryl methyl sites for hydroxylation is 1. The molecule has 1 aliphatic heterocycles. The quantitative estimate of drug-likeness (QED) is 0.612. The number of ketones is 1. The molecule has 3 aromatic rings. The van der Waals surface area contributed by atoms with Crippen molar-refractivity contribution in [3.05, 3.63) is 82.6 Å². The van der Waals surface area contributed by atoms with E-state index < -0.39 is 0 Å². The number of nitrogens with zero attached hydrogens (tertiary/aromatic N) is 4. The summed E-state index contributed by atoms with van der Waals surface area (Å²) in [4.78, 5) is 28.5. The minimum atomic E-state index is 0.0421. The molecule has 0 saturated carbocycles. The first-order chi connectivity index (χ1) is 14.0. The molecule has 5 heteroatoms. The van der Waals surface area contributed by atoms with Crippen LogP contribution in [0, 0.1) is 6.92 Å². The summed E-state index contributed by atoms with van der Waals surface area (Å²) in [5.41, 5.74) is 5.06. The lowest BCUT2D eigenvalue weighted by Gasteiger charge is -2.29. The zero-order chi connectivity index (χ0) is 20.4. The number of carbonyl (C=O) groups excluding carboxylic acids is 1. The summed E-state index contributed by atoms with van der Waals surface area (Å²) in [6.07, 6.45) is 3.13. The Balaban J connectivity index is 1.48. The second-order valence-corrected chi connectivity index (χ2v) is 7.94.